The number of rotatable bonds is 1. The van der Waals surface area contributed by atoms with E-state index in [1.807, 2.05) is 35.2 Å². The van der Waals surface area contributed by atoms with Gasteiger partial charge in [-0.3, -0.25) is 4.79 Å². The lowest BCUT2D eigenvalue weighted by Gasteiger charge is -2.37. The number of furan rings is 1. The minimum Gasteiger partial charge on any atom is -0.451 e. The lowest BCUT2D eigenvalue weighted by atomic mass is 9.98. The third-order valence-electron chi connectivity index (χ3n) is 4.64. The van der Waals surface area contributed by atoms with Crippen LogP contribution >= 0.6 is 0 Å². The van der Waals surface area contributed by atoms with Gasteiger partial charge in [-0.2, -0.15) is 0 Å². The quantitative estimate of drug-likeness (QED) is 0.866. The van der Waals surface area contributed by atoms with Gasteiger partial charge in [-0.05, 0) is 37.8 Å². The van der Waals surface area contributed by atoms with Crippen LogP contribution in [0.15, 0.2) is 34.7 Å². The Morgan fingerprint density at radius 3 is 2.60 bits per heavy atom. The van der Waals surface area contributed by atoms with Crippen LogP contribution in [0.1, 0.15) is 36.2 Å². The molecule has 0 saturated carbocycles. The average Bonchev–Trinajstić information content (AvgIpc) is 2.98. The van der Waals surface area contributed by atoms with Crippen LogP contribution in [0.5, 0.6) is 0 Å². The molecular weight excluding hydrogens is 252 g/mol. The largest absolute Gasteiger partial charge is 0.451 e. The zero-order valence-electron chi connectivity index (χ0n) is 11.3. The Labute approximate surface area is 117 Å². The van der Waals surface area contributed by atoms with E-state index < -0.39 is 0 Å². The molecule has 4 heteroatoms. The van der Waals surface area contributed by atoms with Crippen LogP contribution in [-0.4, -0.2) is 28.9 Å². The molecule has 2 bridgehead atoms. The number of carbonyl (C=O) groups is 1. The molecule has 2 saturated heterocycles. The molecule has 2 N–H and O–H groups in total. The van der Waals surface area contributed by atoms with E-state index in [1.54, 1.807) is 0 Å². The Bertz CT molecular complexity index is 616. The summed E-state index contributed by atoms with van der Waals surface area (Å²) in [5, 5.41) is 0.983. The smallest absolute Gasteiger partial charge is 0.290 e. The summed E-state index contributed by atoms with van der Waals surface area (Å²) in [6.45, 7) is 0. The number of para-hydroxylation sites is 1. The van der Waals surface area contributed by atoms with Crippen LogP contribution in [0.4, 0.5) is 0 Å². The molecule has 2 aliphatic rings. The van der Waals surface area contributed by atoms with Crippen molar-refractivity contribution in [2.75, 3.05) is 0 Å². The molecule has 104 valence electrons. The maximum atomic E-state index is 12.7. The number of hydrogen-bond acceptors (Lipinski definition) is 3. The summed E-state index contributed by atoms with van der Waals surface area (Å²) in [5.41, 5.74) is 6.83. The van der Waals surface area contributed by atoms with E-state index in [-0.39, 0.29) is 11.9 Å². The normalized spacial score (nSPS) is 29.1. The molecule has 2 atom stereocenters. The first-order valence-electron chi connectivity index (χ1n) is 7.29. The number of benzene rings is 1. The number of fused-ring (bicyclic) bond motifs is 3. The van der Waals surface area contributed by atoms with E-state index in [4.69, 9.17) is 10.2 Å². The van der Waals surface area contributed by atoms with Crippen molar-refractivity contribution in [1.82, 2.24) is 4.90 Å². The molecule has 1 amide bonds. The Morgan fingerprint density at radius 2 is 1.90 bits per heavy atom. The van der Waals surface area contributed by atoms with Gasteiger partial charge >= 0.3 is 0 Å². The van der Waals surface area contributed by atoms with E-state index in [2.05, 4.69) is 0 Å². The molecule has 20 heavy (non-hydrogen) atoms. The highest BCUT2D eigenvalue weighted by molar-refractivity contribution is 5.96. The fourth-order valence-electron chi connectivity index (χ4n) is 3.77. The highest BCUT2D eigenvalue weighted by Crippen LogP contribution is 2.36. The third kappa shape index (κ3) is 1.75. The van der Waals surface area contributed by atoms with Crippen molar-refractivity contribution in [2.24, 2.45) is 5.73 Å². The fourth-order valence-corrected chi connectivity index (χ4v) is 3.77. The number of carbonyl (C=O) groups excluding carboxylic acids is 1. The van der Waals surface area contributed by atoms with Crippen LogP contribution < -0.4 is 5.73 Å². The molecule has 3 heterocycles. The monoisotopic (exact) mass is 270 g/mol. The molecule has 4 rings (SSSR count). The fraction of sp³-hybridized carbons (Fsp3) is 0.438. The van der Waals surface area contributed by atoms with Gasteiger partial charge in [0.2, 0.25) is 0 Å². The topological polar surface area (TPSA) is 59.5 Å². The van der Waals surface area contributed by atoms with E-state index in [0.29, 0.717) is 17.8 Å². The molecule has 0 spiro atoms. The maximum Gasteiger partial charge on any atom is 0.290 e. The van der Waals surface area contributed by atoms with Crippen molar-refractivity contribution in [2.45, 2.75) is 43.8 Å². The molecule has 1 aromatic heterocycles. The number of amides is 1. The summed E-state index contributed by atoms with van der Waals surface area (Å²) in [6, 6.07) is 10.4. The maximum absolute atomic E-state index is 12.7. The van der Waals surface area contributed by atoms with Crippen LogP contribution in [0, 0.1) is 0 Å². The summed E-state index contributed by atoms with van der Waals surface area (Å²) in [6.07, 6.45) is 3.99. The van der Waals surface area contributed by atoms with Crippen LogP contribution in [-0.2, 0) is 0 Å². The molecule has 2 fully saturated rings. The van der Waals surface area contributed by atoms with Gasteiger partial charge in [0.25, 0.3) is 5.91 Å². The first-order chi connectivity index (χ1) is 9.72. The molecule has 2 aliphatic heterocycles. The second-order valence-electron chi connectivity index (χ2n) is 5.98. The van der Waals surface area contributed by atoms with Crippen molar-refractivity contribution in [3.63, 3.8) is 0 Å². The van der Waals surface area contributed by atoms with Gasteiger partial charge in [0, 0.05) is 23.5 Å². The Kier molecular flexibility index (Phi) is 2.60. The van der Waals surface area contributed by atoms with Crippen molar-refractivity contribution < 1.29 is 9.21 Å². The van der Waals surface area contributed by atoms with Gasteiger partial charge < -0.3 is 15.1 Å². The molecule has 2 aromatic rings. The highest BCUT2D eigenvalue weighted by Gasteiger charge is 2.43. The zero-order valence-corrected chi connectivity index (χ0v) is 11.3. The SMILES string of the molecule is NC1CC2CCC(C1)N2C(=O)c1cc2ccccc2o1. The van der Waals surface area contributed by atoms with Crippen molar-refractivity contribution in [3.05, 3.63) is 36.1 Å². The summed E-state index contributed by atoms with van der Waals surface area (Å²) < 4.78 is 5.71. The van der Waals surface area contributed by atoms with E-state index in [1.165, 1.54) is 0 Å². The third-order valence-corrected chi connectivity index (χ3v) is 4.64. The standard InChI is InChI=1S/C16H18N2O2/c17-11-8-12-5-6-13(9-11)18(12)16(19)15-7-10-3-1-2-4-14(10)20-15/h1-4,7,11-13H,5-6,8-9,17H2. The molecule has 2 unspecified atom stereocenters. The molecule has 4 nitrogen and oxygen atoms in total. The second-order valence-corrected chi connectivity index (χ2v) is 5.98. The lowest BCUT2D eigenvalue weighted by Crippen LogP contribution is -2.50. The Balaban J connectivity index is 1.67. The van der Waals surface area contributed by atoms with Crippen molar-refractivity contribution >= 4 is 16.9 Å². The molecule has 1 aromatic carbocycles. The van der Waals surface area contributed by atoms with E-state index >= 15 is 0 Å². The Morgan fingerprint density at radius 1 is 1.20 bits per heavy atom. The highest BCUT2D eigenvalue weighted by atomic mass is 16.3. The molecule has 0 aliphatic carbocycles. The lowest BCUT2D eigenvalue weighted by molar-refractivity contribution is 0.0545. The van der Waals surface area contributed by atoms with Gasteiger partial charge in [-0.25, -0.2) is 0 Å². The minimum absolute atomic E-state index is 0.0283. The minimum atomic E-state index is 0.0283. The van der Waals surface area contributed by atoms with Crippen LogP contribution in [0.25, 0.3) is 11.0 Å². The Hall–Kier alpha value is -1.81. The van der Waals surface area contributed by atoms with Crippen LogP contribution in [0.3, 0.4) is 0 Å². The summed E-state index contributed by atoms with van der Waals surface area (Å²) in [7, 11) is 0. The number of piperidine rings is 1. The number of nitrogens with two attached hydrogens (primary N) is 1. The summed E-state index contributed by atoms with van der Waals surface area (Å²) >= 11 is 0. The number of hydrogen-bond donors (Lipinski definition) is 1. The number of nitrogens with zero attached hydrogens (tertiary/aromatic N) is 1. The zero-order chi connectivity index (χ0) is 13.7. The van der Waals surface area contributed by atoms with Gasteiger partial charge in [0.15, 0.2) is 5.76 Å². The van der Waals surface area contributed by atoms with Crippen molar-refractivity contribution in [1.29, 1.82) is 0 Å². The molecule has 0 radical (unpaired) electrons. The average molecular weight is 270 g/mol. The second kappa shape index (κ2) is 4.35. The van der Waals surface area contributed by atoms with E-state index in [0.717, 1.165) is 36.7 Å². The van der Waals surface area contributed by atoms with Crippen LogP contribution in [0.2, 0.25) is 0 Å². The predicted molar refractivity (Wildman–Crippen MR) is 76.4 cm³/mol. The van der Waals surface area contributed by atoms with Gasteiger partial charge in [-0.15, -0.1) is 0 Å². The molecular formula is C16H18N2O2. The first-order valence-corrected chi connectivity index (χ1v) is 7.29. The van der Waals surface area contributed by atoms with E-state index in [9.17, 15) is 4.79 Å². The van der Waals surface area contributed by atoms with Gasteiger partial charge in [-0.1, -0.05) is 18.2 Å². The predicted octanol–water partition coefficient (Wildman–Crippen LogP) is 2.53. The van der Waals surface area contributed by atoms with Gasteiger partial charge in [0.05, 0.1) is 0 Å². The van der Waals surface area contributed by atoms with Gasteiger partial charge in [0.1, 0.15) is 5.58 Å². The first kappa shape index (κ1) is 12.0. The summed E-state index contributed by atoms with van der Waals surface area (Å²) in [4.78, 5) is 14.7. The van der Waals surface area contributed by atoms with Crippen molar-refractivity contribution in [3.8, 4) is 0 Å². The summed E-state index contributed by atoms with van der Waals surface area (Å²) in [5.74, 6) is 0.485.